The molecule has 3 nitrogen and oxygen atoms in total. The van der Waals surface area contributed by atoms with E-state index in [0.29, 0.717) is 16.4 Å². The van der Waals surface area contributed by atoms with Crippen LogP contribution in [0.2, 0.25) is 0 Å². The van der Waals surface area contributed by atoms with Gasteiger partial charge >= 0.3 is 0 Å². The van der Waals surface area contributed by atoms with Crippen LogP contribution in [0, 0.1) is 5.82 Å². The van der Waals surface area contributed by atoms with Gasteiger partial charge in [-0.15, -0.1) is 0 Å². The number of halogens is 1. The topological polar surface area (TPSA) is 59.1 Å². The van der Waals surface area contributed by atoms with Crippen molar-refractivity contribution in [1.29, 1.82) is 0 Å². The van der Waals surface area contributed by atoms with Gasteiger partial charge in [0.2, 0.25) is 0 Å². The van der Waals surface area contributed by atoms with Gasteiger partial charge in [0.15, 0.2) is 5.13 Å². The van der Waals surface area contributed by atoms with E-state index in [1.165, 1.54) is 23.6 Å². The fourth-order valence-electron chi connectivity index (χ4n) is 1.77. The number of rotatable bonds is 3. The Balaban J connectivity index is 2.55. The highest BCUT2D eigenvalue weighted by molar-refractivity contribution is 7.15. The standard InChI is InChI=1S/C12H13FN2OS/c1-2-12(16,10-7-15-11(14)17-10)8-5-3-4-6-9(8)13/h3-7,16H,2H2,1H3,(H2,14,15). The minimum atomic E-state index is -1.36. The van der Waals surface area contributed by atoms with E-state index in [1.54, 1.807) is 25.1 Å². The van der Waals surface area contributed by atoms with Gasteiger partial charge in [-0.3, -0.25) is 0 Å². The average Bonchev–Trinajstić information content (AvgIpc) is 2.76. The maximum Gasteiger partial charge on any atom is 0.180 e. The molecule has 2 aromatic rings. The van der Waals surface area contributed by atoms with Crippen molar-refractivity contribution in [2.75, 3.05) is 5.73 Å². The second kappa shape index (κ2) is 4.43. The zero-order chi connectivity index (χ0) is 12.5. The van der Waals surface area contributed by atoms with Crippen molar-refractivity contribution >= 4 is 16.5 Å². The minimum Gasteiger partial charge on any atom is -0.379 e. The van der Waals surface area contributed by atoms with Crippen molar-refractivity contribution in [2.45, 2.75) is 18.9 Å². The first-order chi connectivity index (χ1) is 8.08. The van der Waals surface area contributed by atoms with E-state index in [0.717, 1.165) is 0 Å². The molecular weight excluding hydrogens is 239 g/mol. The van der Waals surface area contributed by atoms with Crippen molar-refractivity contribution in [3.63, 3.8) is 0 Å². The molecule has 0 aliphatic rings. The maximum atomic E-state index is 13.8. The Morgan fingerprint density at radius 2 is 2.18 bits per heavy atom. The number of aliphatic hydroxyl groups is 1. The Morgan fingerprint density at radius 1 is 1.47 bits per heavy atom. The van der Waals surface area contributed by atoms with Gasteiger partial charge in [-0.05, 0) is 12.5 Å². The predicted molar refractivity (Wildman–Crippen MR) is 66.2 cm³/mol. The van der Waals surface area contributed by atoms with Gasteiger partial charge in [-0.1, -0.05) is 36.5 Å². The van der Waals surface area contributed by atoms with Crippen molar-refractivity contribution < 1.29 is 9.50 Å². The Kier molecular flexibility index (Phi) is 3.13. The summed E-state index contributed by atoms with van der Waals surface area (Å²) in [6, 6.07) is 6.20. The largest absolute Gasteiger partial charge is 0.379 e. The summed E-state index contributed by atoms with van der Waals surface area (Å²) in [6.45, 7) is 1.79. The summed E-state index contributed by atoms with van der Waals surface area (Å²) in [6.07, 6.45) is 1.85. The number of aromatic nitrogens is 1. The number of thiazole rings is 1. The van der Waals surface area contributed by atoms with Crippen LogP contribution < -0.4 is 5.73 Å². The number of hydrogen-bond donors (Lipinski definition) is 2. The lowest BCUT2D eigenvalue weighted by Crippen LogP contribution is -2.26. The van der Waals surface area contributed by atoms with Crippen LogP contribution in [0.1, 0.15) is 23.8 Å². The second-order valence-corrected chi connectivity index (χ2v) is 4.82. The summed E-state index contributed by atoms with van der Waals surface area (Å²) >= 11 is 1.17. The molecule has 1 unspecified atom stereocenters. The quantitative estimate of drug-likeness (QED) is 0.882. The van der Waals surface area contributed by atoms with Crippen LogP contribution in [0.15, 0.2) is 30.5 Å². The third-order valence-electron chi connectivity index (χ3n) is 2.76. The molecule has 5 heteroatoms. The van der Waals surface area contributed by atoms with E-state index in [4.69, 9.17) is 5.73 Å². The van der Waals surface area contributed by atoms with E-state index in [-0.39, 0.29) is 5.56 Å². The summed E-state index contributed by atoms with van der Waals surface area (Å²) in [7, 11) is 0. The highest BCUT2D eigenvalue weighted by atomic mass is 32.1. The Hall–Kier alpha value is -1.46. The molecule has 1 heterocycles. The molecule has 0 saturated carbocycles. The molecule has 17 heavy (non-hydrogen) atoms. The van der Waals surface area contributed by atoms with E-state index in [1.807, 2.05) is 0 Å². The van der Waals surface area contributed by atoms with Crippen LogP contribution >= 0.6 is 11.3 Å². The zero-order valence-electron chi connectivity index (χ0n) is 9.35. The monoisotopic (exact) mass is 252 g/mol. The molecule has 0 bridgehead atoms. The van der Waals surface area contributed by atoms with Crippen LogP contribution in [0.3, 0.4) is 0 Å². The summed E-state index contributed by atoms with van der Waals surface area (Å²) < 4.78 is 13.8. The molecule has 0 fully saturated rings. The van der Waals surface area contributed by atoms with Gasteiger partial charge in [0, 0.05) is 11.8 Å². The van der Waals surface area contributed by atoms with Crippen molar-refractivity contribution in [3.05, 3.63) is 46.7 Å². The molecule has 2 rings (SSSR count). The van der Waals surface area contributed by atoms with Gasteiger partial charge in [-0.25, -0.2) is 9.37 Å². The second-order valence-electron chi connectivity index (χ2n) is 3.76. The third-order valence-corrected chi connectivity index (χ3v) is 3.74. The average molecular weight is 252 g/mol. The van der Waals surface area contributed by atoms with Gasteiger partial charge in [-0.2, -0.15) is 0 Å². The fraction of sp³-hybridized carbons (Fsp3) is 0.250. The normalized spacial score (nSPS) is 14.5. The molecule has 90 valence electrons. The Bertz CT molecular complexity index is 529. The fourth-order valence-corrected chi connectivity index (χ4v) is 2.63. The van der Waals surface area contributed by atoms with Crippen molar-refractivity contribution in [3.8, 4) is 0 Å². The first kappa shape index (κ1) is 12.0. The van der Waals surface area contributed by atoms with Crippen LogP contribution in [-0.2, 0) is 5.60 Å². The summed E-state index contributed by atoms with van der Waals surface area (Å²) in [4.78, 5) is 4.46. The predicted octanol–water partition coefficient (Wildman–Crippen LogP) is 2.51. The van der Waals surface area contributed by atoms with Crippen molar-refractivity contribution in [1.82, 2.24) is 4.98 Å². The van der Waals surface area contributed by atoms with Gasteiger partial charge in [0.1, 0.15) is 11.4 Å². The maximum absolute atomic E-state index is 13.8. The Morgan fingerprint density at radius 3 is 2.71 bits per heavy atom. The summed E-state index contributed by atoms with van der Waals surface area (Å²) in [5.41, 5.74) is 4.44. The number of anilines is 1. The SMILES string of the molecule is CCC(O)(c1cnc(N)s1)c1ccccc1F. The molecule has 3 N–H and O–H groups in total. The molecule has 0 saturated heterocycles. The smallest absolute Gasteiger partial charge is 0.180 e. The zero-order valence-corrected chi connectivity index (χ0v) is 10.2. The van der Waals surface area contributed by atoms with Crippen LogP contribution in [0.4, 0.5) is 9.52 Å². The molecule has 1 aromatic carbocycles. The van der Waals surface area contributed by atoms with Crippen LogP contribution in [0.5, 0.6) is 0 Å². The number of hydrogen-bond acceptors (Lipinski definition) is 4. The summed E-state index contributed by atoms with van der Waals surface area (Å²) in [5.74, 6) is -0.427. The van der Waals surface area contributed by atoms with Gasteiger partial charge in [0.25, 0.3) is 0 Å². The molecule has 1 aromatic heterocycles. The molecule has 0 radical (unpaired) electrons. The van der Waals surface area contributed by atoms with Gasteiger partial charge < -0.3 is 10.8 Å². The molecule has 0 spiro atoms. The number of benzene rings is 1. The molecular formula is C12H13FN2OS. The minimum absolute atomic E-state index is 0.256. The van der Waals surface area contributed by atoms with Crippen molar-refractivity contribution in [2.24, 2.45) is 0 Å². The van der Waals surface area contributed by atoms with E-state index in [2.05, 4.69) is 4.98 Å². The lowest BCUT2D eigenvalue weighted by atomic mass is 9.89. The van der Waals surface area contributed by atoms with E-state index >= 15 is 0 Å². The molecule has 1 atom stereocenters. The third kappa shape index (κ3) is 2.03. The Labute approximate surface area is 103 Å². The molecule has 0 amide bonds. The van der Waals surface area contributed by atoms with E-state index in [9.17, 15) is 9.50 Å². The van der Waals surface area contributed by atoms with Gasteiger partial charge in [0.05, 0.1) is 4.88 Å². The van der Waals surface area contributed by atoms with Crippen LogP contribution in [0.25, 0.3) is 0 Å². The lowest BCUT2D eigenvalue weighted by Gasteiger charge is -2.26. The lowest BCUT2D eigenvalue weighted by molar-refractivity contribution is 0.0762. The number of nitrogen functional groups attached to an aromatic ring is 1. The summed E-state index contributed by atoms with van der Waals surface area (Å²) in [5, 5.41) is 11.0. The first-order valence-corrected chi connectivity index (χ1v) is 6.08. The highest BCUT2D eigenvalue weighted by Gasteiger charge is 2.34. The number of nitrogens with zero attached hydrogens (tertiary/aromatic N) is 1. The highest BCUT2D eigenvalue weighted by Crippen LogP contribution is 2.37. The number of nitrogens with two attached hydrogens (primary N) is 1. The van der Waals surface area contributed by atoms with E-state index < -0.39 is 11.4 Å². The molecule has 0 aliphatic heterocycles. The first-order valence-electron chi connectivity index (χ1n) is 5.27. The molecule has 0 aliphatic carbocycles. The van der Waals surface area contributed by atoms with Crippen LogP contribution in [-0.4, -0.2) is 10.1 Å².